The van der Waals surface area contributed by atoms with E-state index in [9.17, 15) is 4.39 Å². The van der Waals surface area contributed by atoms with Gasteiger partial charge < -0.3 is 0 Å². The van der Waals surface area contributed by atoms with Crippen LogP contribution in [-0.2, 0) is 0 Å². The monoisotopic (exact) mass is 204 g/mol. The zero-order valence-corrected chi connectivity index (χ0v) is 7.97. The Morgan fingerprint density at radius 1 is 1.33 bits per heavy atom. The highest BCUT2D eigenvalue weighted by Gasteiger charge is 2.25. The number of hydrogen-bond acceptors (Lipinski definition) is 3. The van der Waals surface area contributed by atoms with Crippen molar-refractivity contribution >= 4 is 0 Å². The van der Waals surface area contributed by atoms with Gasteiger partial charge in [0.2, 0.25) is 5.95 Å². The van der Waals surface area contributed by atoms with Crippen molar-refractivity contribution in [2.45, 2.75) is 18.8 Å². The fourth-order valence-corrected chi connectivity index (χ4v) is 1.51. The quantitative estimate of drug-likeness (QED) is 0.699. The molecule has 15 heavy (non-hydrogen) atoms. The van der Waals surface area contributed by atoms with Crippen molar-refractivity contribution in [2.75, 3.05) is 0 Å². The van der Waals surface area contributed by atoms with E-state index in [2.05, 4.69) is 15.1 Å². The summed E-state index contributed by atoms with van der Waals surface area (Å²) in [6, 6.07) is 3.22. The molecule has 4 nitrogen and oxygen atoms in total. The lowest BCUT2D eigenvalue weighted by atomic mass is 10.3. The van der Waals surface area contributed by atoms with E-state index in [0.717, 1.165) is 5.69 Å². The summed E-state index contributed by atoms with van der Waals surface area (Å²) in [5.41, 5.74) is 1.06. The lowest BCUT2D eigenvalue weighted by Gasteiger charge is -1.98. The maximum absolute atomic E-state index is 12.8. The lowest BCUT2D eigenvalue weighted by Crippen LogP contribution is -2.00. The molecule has 0 saturated heterocycles. The van der Waals surface area contributed by atoms with E-state index in [1.165, 1.54) is 25.2 Å². The predicted molar refractivity (Wildman–Crippen MR) is 51.1 cm³/mol. The zero-order chi connectivity index (χ0) is 10.3. The van der Waals surface area contributed by atoms with E-state index in [4.69, 9.17) is 0 Å². The van der Waals surface area contributed by atoms with Gasteiger partial charge in [0.05, 0.1) is 5.69 Å². The van der Waals surface area contributed by atoms with Crippen molar-refractivity contribution in [3.8, 4) is 5.82 Å². The summed E-state index contributed by atoms with van der Waals surface area (Å²) in [4.78, 5) is 7.35. The first-order valence-corrected chi connectivity index (χ1v) is 4.86. The van der Waals surface area contributed by atoms with E-state index in [0.29, 0.717) is 11.7 Å². The molecule has 0 aliphatic heterocycles. The molecule has 0 spiro atoms. The summed E-state index contributed by atoms with van der Waals surface area (Å²) in [7, 11) is 0. The van der Waals surface area contributed by atoms with Gasteiger partial charge in [0.25, 0.3) is 0 Å². The normalized spacial score (nSPS) is 15.5. The predicted octanol–water partition coefficient (Wildman–Crippen LogP) is 1.68. The molecule has 5 heteroatoms. The summed E-state index contributed by atoms with van der Waals surface area (Å²) in [6.45, 7) is 0. The van der Waals surface area contributed by atoms with Crippen LogP contribution >= 0.6 is 0 Å². The van der Waals surface area contributed by atoms with E-state index < -0.39 is 5.95 Å². The maximum Gasteiger partial charge on any atom is 0.218 e. The Labute approximate surface area is 85.8 Å². The molecule has 0 aromatic carbocycles. The average Bonchev–Trinajstić information content (AvgIpc) is 2.97. The first kappa shape index (κ1) is 8.52. The van der Waals surface area contributed by atoms with Crippen molar-refractivity contribution < 1.29 is 4.39 Å². The van der Waals surface area contributed by atoms with Gasteiger partial charge in [-0.3, -0.25) is 0 Å². The second-order valence-corrected chi connectivity index (χ2v) is 3.66. The highest BCUT2D eigenvalue weighted by Crippen LogP contribution is 2.38. The maximum atomic E-state index is 12.8. The largest absolute Gasteiger partial charge is 0.222 e. The van der Waals surface area contributed by atoms with Gasteiger partial charge in [-0.1, -0.05) is 0 Å². The number of halogens is 1. The van der Waals surface area contributed by atoms with Crippen molar-refractivity contribution in [3.63, 3.8) is 0 Å². The van der Waals surface area contributed by atoms with E-state index >= 15 is 0 Å². The lowest BCUT2D eigenvalue weighted by molar-refractivity contribution is 0.575. The average molecular weight is 204 g/mol. The van der Waals surface area contributed by atoms with Crippen molar-refractivity contribution in [1.82, 2.24) is 19.7 Å². The molecule has 2 aromatic rings. The fraction of sp³-hybridized carbons (Fsp3) is 0.300. The molecule has 1 saturated carbocycles. The van der Waals surface area contributed by atoms with Crippen LogP contribution in [0.2, 0.25) is 0 Å². The van der Waals surface area contributed by atoms with Crippen LogP contribution in [0.15, 0.2) is 24.7 Å². The van der Waals surface area contributed by atoms with Gasteiger partial charge in [0, 0.05) is 18.2 Å². The van der Waals surface area contributed by atoms with Crippen LogP contribution in [0.5, 0.6) is 0 Å². The minimum absolute atomic E-state index is 0.467. The molecule has 2 heterocycles. The van der Waals surface area contributed by atoms with Crippen LogP contribution in [0.1, 0.15) is 24.5 Å². The Bertz CT molecular complexity index is 490. The van der Waals surface area contributed by atoms with Gasteiger partial charge in [0.1, 0.15) is 6.33 Å². The van der Waals surface area contributed by atoms with E-state index in [-0.39, 0.29) is 0 Å². The Kier molecular flexibility index (Phi) is 1.77. The highest BCUT2D eigenvalue weighted by molar-refractivity contribution is 5.22. The molecule has 1 aliphatic rings. The Balaban J connectivity index is 1.97. The van der Waals surface area contributed by atoms with E-state index in [1.807, 2.05) is 6.07 Å². The second-order valence-electron chi connectivity index (χ2n) is 3.66. The summed E-state index contributed by atoms with van der Waals surface area (Å²) in [5.74, 6) is 0.524. The number of rotatable bonds is 2. The summed E-state index contributed by atoms with van der Waals surface area (Å²) < 4.78 is 14.4. The van der Waals surface area contributed by atoms with Gasteiger partial charge in [-0.05, 0) is 18.9 Å². The Hall–Kier alpha value is -1.78. The van der Waals surface area contributed by atoms with Gasteiger partial charge >= 0.3 is 0 Å². The molecule has 0 bridgehead atoms. The van der Waals surface area contributed by atoms with Crippen LogP contribution in [-0.4, -0.2) is 19.7 Å². The minimum atomic E-state index is -0.538. The molecule has 0 N–H and O–H groups in total. The van der Waals surface area contributed by atoms with Gasteiger partial charge in [-0.25, -0.2) is 14.6 Å². The van der Waals surface area contributed by atoms with Crippen molar-refractivity contribution in [3.05, 3.63) is 36.3 Å². The summed E-state index contributed by atoms with van der Waals surface area (Å²) in [5, 5.41) is 4.34. The van der Waals surface area contributed by atoms with Crippen molar-refractivity contribution in [2.24, 2.45) is 0 Å². The molecule has 1 fully saturated rings. The molecule has 0 radical (unpaired) electrons. The Morgan fingerprint density at radius 2 is 2.20 bits per heavy atom. The summed E-state index contributed by atoms with van der Waals surface area (Å²) in [6.07, 6.45) is 5.41. The third-order valence-corrected chi connectivity index (χ3v) is 2.46. The van der Waals surface area contributed by atoms with Crippen LogP contribution in [0.3, 0.4) is 0 Å². The third-order valence-electron chi connectivity index (χ3n) is 2.46. The third kappa shape index (κ3) is 1.60. The molecule has 3 rings (SSSR count). The fourth-order valence-electron chi connectivity index (χ4n) is 1.51. The first-order valence-electron chi connectivity index (χ1n) is 4.86. The molecule has 0 atom stereocenters. The van der Waals surface area contributed by atoms with Gasteiger partial charge in [-0.2, -0.15) is 9.49 Å². The van der Waals surface area contributed by atoms with Crippen LogP contribution in [0, 0.1) is 5.95 Å². The van der Waals surface area contributed by atoms with Crippen LogP contribution in [0.25, 0.3) is 5.82 Å². The second kappa shape index (κ2) is 3.12. The first-order chi connectivity index (χ1) is 7.33. The topological polar surface area (TPSA) is 43.6 Å². The van der Waals surface area contributed by atoms with Gasteiger partial charge in [0.15, 0.2) is 5.82 Å². The zero-order valence-electron chi connectivity index (χ0n) is 7.97. The van der Waals surface area contributed by atoms with Gasteiger partial charge in [-0.15, -0.1) is 0 Å². The number of nitrogens with zero attached hydrogens (tertiary/aromatic N) is 4. The smallest absolute Gasteiger partial charge is 0.218 e. The Morgan fingerprint density at radius 3 is 2.93 bits per heavy atom. The molecule has 1 aliphatic carbocycles. The SMILES string of the molecule is Fc1cc(-n2ccc(C3CC3)n2)ncn1. The molecule has 76 valence electrons. The summed E-state index contributed by atoms with van der Waals surface area (Å²) >= 11 is 0. The molecule has 2 aromatic heterocycles. The van der Waals surface area contributed by atoms with Crippen LogP contribution < -0.4 is 0 Å². The molecular weight excluding hydrogens is 195 g/mol. The van der Waals surface area contributed by atoms with E-state index in [1.54, 1.807) is 10.9 Å². The highest BCUT2D eigenvalue weighted by atomic mass is 19.1. The van der Waals surface area contributed by atoms with Crippen molar-refractivity contribution in [1.29, 1.82) is 0 Å². The minimum Gasteiger partial charge on any atom is -0.222 e. The standard InChI is InChI=1S/C10H9FN4/c11-9-5-10(13-6-12-9)15-4-3-8(14-15)7-1-2-7/h3-7H,1-2H2. The number of hydrogen-bond donors (Lipinski definition) is 0. The molecule has 0 amide bonds. The van der Waals surface area contributed by atoms with Crippen LogP contribution in [0.4, 0.5) is 4.39 Å². The number of aromatic nitrogens is 4. The molecular formula is C10H9FN4. The molecule has 0 unspecified atom stereocenters.